The van der Waals surface area contributed by atoms with Gasteiger partial charge in [-0.25, -0.2) is 0 Å². The van der Waals surface area contributed by atoms with E-state index in [-0.39, 0.29) is 0 Å². The molecule has 1 heterocycles. The highest BCUT2D eigenvalue weighted by atomic mass is 32.2. The van der Waals surface area contributed by atoms with E-state index >= 15 is 0 Å². The van der Waals surface area contributed by atoms with Gasteiger partial charge < -0.3 is 10.6 Å². The third-order valence-electron chi connectivity index (χ3n) is 3.08. The molecule has 88 valence electrons. The molecule has 1 aliphatic heterocycles. The summed E-state index contributed by atoms with van der Waals surface area (Å²) in [6.45, 7) is 8.33. The summed E-state index contributed by atoms with van der Waals surface area (Å²) in [6.07, 6.45) is 0. The molecule has 0 amide bonds. The largest absolute Gasteiger partial charge is 0.366 e. The predicted molar refractivity (Wildman–Crippen MR) is 72.5 cm³/mol. The van der Waals surface area contributed by atoms with Crippen LogP contribution in [-0.2, 0) is 0 Å². The fourth-order valence-corrected chi connectivity index (χ4v) is 3.68. The average molecular weight is 236 g/mol. The Hall–Kier alpha value is -0.670. The van der Waals surface area contributed by atoms with Gasteiger partial charge in [-0.05, 0) is 38.0 Å². The maximum atomic E-state index is 5.71. The van der Waals surface area contributed by atoms with E-state index in [0.29, 0.717) is 6.04 Å². The molecule has 1 aromatic carbocycles. The lowest BCUT2D eigenvalue weighted by Crippen LogP contribution is -2.41. The molecule has 2 rings (SSSR count). The highest BCUT2D eigenvalue weighted by molar-refractivity contribution is 7.99. The van der Waals surface area contributed by atoms with Crippen molar-refractivity contribution in [2.24, 2.45) is 5.73 Å². The molecule has 1 unspecified atom stereocenters. The summed E-state index contributed by atoms with van der Waals surface area (Å²) < 4.78 is 0. The molecule has 3 heteroatoms. The molecule has 0 bridgehead atoms. The lowest BCUT2D eigenvalue weighted by molar-refractivity contribution is 0.675. The minimum atomic E-state index is 0.586. The molecule has 1 atom stereocenters. The smallest absolute Gasteiger partial charge is 0.0537 e. The molecular weight excluding hydrogens is 216 g/mol. The predicted octanol–water partition coefficient (Wildman–Crippen LogP) is 2.56. The topological polar surface area (TPSA) is 29.3 Å². The number of hydrogen-bond donors (Lipinski definition) is 1. The molecule has 2 N–H and O–H groups in total. The summed E-state index contributed by atoms with van der Waals surface area (Å²) in [5.41, 5.74) is 9.84. The van der Waals surface area contributed by atoms with E-state index in [0.717, 1.165) is 18.8 Å². The quantitative estimate of drug-likeness (QED) is 0.855. The van der Waals surface area contributed by atoms with Crippen molar-refractivity contribution in [3.63, 3.8) is 0 Å². The average Bonchev–Trinajstić information content (AvgIpc) is 2.22. The van der Waals surface area contributed by atoms with Gasteiger partial charge in [-0.1, -0.05) is 6.07 Å². The summed E-state index contributed by atoms with van der Waals surface area (Å²) in [4.78, 5) is 3.88. The van der Waals surface area contributed by atoms with Gasteiger partial charge in [0, 0.05) is 29.8 Å². The van der Waals surface area contributed by atoms with E-state index in [2.05, 4.69) is 37.8 Å². The van der Waals surface area contributed by atoms with Gasteiger partial charge >= 0.3 is 0 Å². The van der Waals surface area contributed by atoms with Crippen molar-refractivity contribution in [2.45, 2.75) is 31.7 Å². The van der Waals surface area contributed by atoms with Crippen molar-refractivity contribution in [1.29, 1.82) is 0 Å². The summed E-state index contributed by atoms with van der Waals surface area (Å²) >= 11 is 1.97. The van der Waals surface area contributed by atoms with Crippen LogP contribution < -0.4 is 10.6 Å². The Kier molecular flexibility index (Phi) is 3.45. The van der Waals surface area contributed by atoms with E-state index in [1.165, 1.54) is 21.7 Å². The van der Waals surface area contributed by atoms with Crippen LogP contribution in [-0.4, -0.2) is 24.9 Å². The molecule has 0 saturated heterocycles. The van der Waals surface area contributed by atoms with Crippen LogP contribution in [0.25, 0.3) is 0 Å². The van der Waals surface area contributed by atoms with E-state index in [1.807, 2.05) is 11.8 Å². The van der Waals surface area contributed by atoms with Crippen LogP contribution in [0, 0.1) is 13.8 Å². The van der Waals surface area contributed by atoms with Crippen LogP contribution in [0.4, 0.5) is 5.69 Å². The number of thioether (sulfide) groups is 1. The molecule has 0 aliphatic carbocycles. The van der Waals surface area contributed by atoms with Gasteiger partial charge in [0.05, 0.1) is 5.69 Å². The van der Waals surface area contributed by atoms with Crippen LogP contribution in [0.1, 0.15) is 18.1 Å². The summed E-state index contributed by atoms with van der Waals surface area (Å²) in [6, 6.07) is 5.14. The number of anilines is 1. The normalized spacial score (nSPS) is 19.8. The van der Waals surface area contributed by atoms with Crippen molar-refractivity contribution >= 4 is 17.4 Å². The van der Waals surface area contributed by atoms with E-state index in [9.17, 15) is 0 Å². The maximum Gasteiger partial charge on any atom is 0.0537 e. The van der Waals surface area contributed by atoms with E-state index < -0.39 is 0 Å². The monoisotopic (exact) mass is 236 g/mol. The highest BCUT2D eigenvalue weighted by Crippen LogP contribution is 2.40. The number of nitrogens with zero attached hydrogens (tertiary/aromatic N) is 1. The second-order valence-corrected chi connectivity index (χ2v) is 5.63. The molecular formula is C13H20N2S. The Morgan fingerprint density at radius 2 is 2.19 bits per heavy atom. The number of fused-ring (bicyclic) bond motifs is 1. The Labute approximate surface area is 102 Å². The minimum Gasteiger partial charge on any atom is -0.366 e. The molecule has 0 saturated carbocycles. The maximum absolute atomic E-state index is 5.71. The molecule has 0 spiro atoms. The molecule has 1 aromatic rings. The van der Waals surface area contributed by atoms with E-state index in [1.54, 1.807) is 0 Å². The van der Waals surface area contributed by atoms with Gasteiger partial charge in [-0.3, -0.25) is 0 Å². The molecule has 0 aromatic heterocycles. The van der Waals surface area contributed by atoms with Crippen molar-refractivity contribution in [3.05, 3.63) is 23.3 Å². The van der Waals surface area contributed by atoms with Gasteiger partial charge in [0.15, 0.2) is 0 Å². The second-order valence-electron chi connectivity index (χ2n) is 4.57. The zero-order valence-corrected chi connectivity index (χ0v) is 11.1. The van der Waals surface area contributed by atoms with Crippen LogP contribution in [0.3, 0.4) is 0 Å². The standard InChI is InChI=1S/C13H20N2S/c1-9-6-10(2)13-12(7-9)16-8-11(3)15(13)5-4-14/h6-7,11H,4-5,8,14H2,1-3H3. The SMILES string of the molecule is Cc1cc(C)c2c(c1)SCC(C)N2CCN. The Morgan fingerprint density at radius 3 is 2.88 bits per heavy atom. The first-order valence-electron chi connectivity index (χ1n) is 5.84. The molecule has 2 nitrogen and oxygen atoms in total. The lowest BCUT2D eigenvalue weighted by atomic mass is 10.1. The molecule has 0 fully saturated rings. The summed E-state index contributed by atoms with van der Waals surface area (Å²) in [5.74, 6) is 1.16. The Bertz CT molecular complexity index is 390. The fraction of sp³-hybridized carbons (Fsp3) is 0.538. The third kappa shape index (κ3) is 2.06. The summed E-state index contributed by atoms with van der Waals surface area (Å²) in [5, 5.41) is 0. The van der Waals surface area contributed by atoms with Gasteiger partial charge in [0.1, 0.15) is 0 Å². The minimum absolute atomic E-state index is 0.586. The van der Waals surface area contributed by atoms with E-state index in [4.69, 9.17) is 5.73 Å². The highest BCUT2D eigenvalue weighted by Gasteiger charge is 2.24. The third-order valence-corrected chi connectivity index (χ3v) is 4.35. The summed E-state index contributed by atoms with van der Waals surface area (Å²) in [7, 11) is 0. The van der Waals surface area contributed by atoms with Crippen molar-refractivity contribution in [1.82, 2.24) is 0 Å². The first kappa shape index (κ1) is 11.8. The molecule has 16 heavy (non-hydrogen) atoms. The van der Waals surface area contributed by atoms with Crippen molar-refractivity contribution < 1.29 is 0 Å². The molecule has 1 aliphatic rings. The van der Waals surface area contributed by atoms with Crippen LogP contribution in [0.2, 0.25) is 0 Å². The lowest BCUT2D eigenvalue weighted by Gasteiger charge is -2.37. The van der Waals surface area contributed by atoms with Crippen LogP contribution >= 0.6 is 11.8 Å². The molecule has 0 radical (unpaired) electrons. The number of benzene rings is 1. The first-order valence-corrected chi connectivity index (χ1v) is 6.82. The number of nitrogens with two attached hydrogens (primary N) is 1. The van der Waals surface area contributed by atoms with Crippen molar-refractivity contribution in [2.75, 3.05) is 23.7 Å². The zero-order valence-electron chi connectivity index (χ0n) is 10.3. The zero-order chi connectivity index (χ0) is 11.7. The number of aryl methyl sites for hydroxylation is 2. The van der Waals surface area contributed by atoms with Gasteiger partial charge in [0.25, 0.3) is 0 Å². The van der Waals surface area contributed by atoms with Gasteiger partial charge in [0.2, 0.25) is 0 Å². The fourth-order valence-electron chi connectivity index (χ4n) is 2.39. The van der Waals surface area contributed by atoms with Crippen molar-refractivity contribution in [3.8, 4) is 0 Å². The Balaban J connectivity index is 2.45. The number of rotatable bonds is 2. The Morgan fingerprint density at radius 1 is 1.44 bits per heavy atom. The van der Waals surface area contributed by atoms with Gasteiger partial charge in [-0.2, -0.15) is 0 Å². The van der Waals surface area contributed by atoms with Crippen LogP contribution in [0.5, 0.6) is 0 Å². The van der Waals surface area contributed by atoms with Crippen LogP contribution in [0.15, 0.2) is 17.0 Å². The second kappa shape index (κ2) is 4.68. The first-order chi connectivity index (χ1) is 7.63. The number of hydrogen-bond acceptors (Lipinski definition) is 3. The van der Waals surface area contributed by atoms with Gasteiger partial charge in [-0.15, -0.1) is 11.8 Å².